The van der Waals surface area contributed by atoms with Crippen molar-refractivity contribution >= 4 is 28.6 Å². The van der Waals surface area contributed by atoms with Crippen molar-refractivity contribution in [1.82, 2.24) is 10.3 Å². The second-order valence-corrected chi connectivity index (χ2v) is 5.85. The SMILES string of the molecule is Cc1csc(CNC(CC(=O)O)c2cccs2)n1. The van der Waals surface area contributed by atoms with Gasteiger partial charge in [-0.25, -0.2) is 4.98 Å². The summed E-state index contributed by atoms with van der Waals surface area (Å²) in [5, 5.41) is 17.1. The first-order valence-electron chi connectivity index (χ1n) is 5.54. The van der Waals surface area contributed by atoms with E-state index in [4.69, 9.17) is 5.11 Å². The molecule has 0 aliphatic carbocycles. The molecule has 18 heavy (non-hydrogen) atoms. The average molecular weight is 282 g/mol. The van der Waals surface area contributed by atoms with Crippen LogP contribution in [0.3, 0.4) is 0 Å². The quantitative estimate of drug-likeness (QED) is 0.855. The van der Waals surface area contributed by atoms with Crippen LogP contribution in [0.15, 0.2) is 22.9 Å². The highest BCUT2D eigenvalue weighted by molar-refractivity contribution is 7.10. The Bertz CT molecular complexity index is 508. The van der Waals surface area contributed by atoms with Crippen molar-refractivity contribution in [2.24, 2.45) is 0 Å². The molecule has 0 aromatic carbocycles. The number of nitrogens with one attached hydrogen (secondary N) is 1. The van der Waals surface area contributed by atoms with E-state index in [9.17, 15) is 4.79 Å². The largest absolute Gasteiger partial charge is 0.481 e. The molecule has 0 radical (unpaired) electrons. The fraction of sp³-hybridized carbons (Fsp3) is 0.333. The molecule has 0 aliphatic heterocycles. The molecule has 2 N–H and O–H groups in total. The number of nitrogens with zero attached hydrogens (tertiary/aromatic N) is 1. The van der Waals surface area contributed by atoms with Gasteiger partial charge in [0, 0.05) is 22.5 Å². The molecule has 0 amide bonds. The van der Waals surface area contributed by atoms with Gasteiger partial charge in [0.2, 0.25) is 0 Å². The summed E-state index contributed by atoms with van der Waals surface area (Å²) >= 11 is 3.16. The number of thiophene rings is 1. The molecular formula is C12H14N2O2S2. The Morgan fingerprint density at radius 3 is 2.94 bits per heavy atom. The summed E-state index contributed by atoms with van der Waals surface area (Å²) in [6.45, 7) is 2.56. The number of hydrogen-bond donors (Lipinski definition) is 2. The predicted octanol–water partition coefficient (Wildman–Crippen LogP) is 2.82. The topological polar surface area (TPSA) is 62.2 Å². The number of carboxylic acids is 1. The highest BCUT2D eigenvalue weighted by Gasteiger charge is 2.16. The molecule has 6 heteroatoms. The van der Waals surface area contributed by atoms with Crippen molar-refractivity contribution in [3.63, 3.8) is 0 Å². The van der Waals surface area contributed by atoms with E-state index in [0.717, 1.165) is 15.6 Å². The number of aromatic nitrogens is 1. The number of aliphatic carboxylic acids is 1. The van der Waals surface area contributed by atoms with Gasteiger partial charge in [0.1, 0.15) is 5.01 Å². The lowest BCUT2D eigenvalue weighted by molar-refractivity contribution is -0.137. The molecule has 2 aromatic rings. The van der Waals surface area contributed by atoms with E-state index in [1.807, 2.05) is 29.8 Å². The molecule has 0 bridgehead atoms. The van der Waals surface area contributed by atoms with Gasteiger partial charge in [-0.15, -0.1) is 22.7 Å². The zero-order chi connectivity index (χ0) is 13.0. The Labute approximate surface area is 113 Å². The lowest BCUT2D eigenvalue weighted by Gasteiger charge is -2.14. The minimum atomic E-state index is -0.795. The predicted molar refractivity (Wildman–Crippen MR) is 73.0 cm³/mol. The zero-order valence-electron chi connectivity index (χ0n) is 9.92. The van der Waals surface area contributed by atoms with Crippen LogP contribution in [0.2, 0.25) is 0 Å². The molecule has 1 atom stereocenters. The van der Waals surface area contributed by atoms with E-state index >= 15 is 0 Å². The second-order valence-electron chi connectivity index (χ2n) is 3.93. The maximum Gasteiger partial charge on any atom is 0.305 e. The van der Waals surface area contributed by atoms with Crippen LogP contribution in [-0.2, 0) is 11.3 Å². The van der Waals surface area contributed by atoms with Gasteiger partial charge in [0.25, 0.3) is 0 Å². The third kappa shape index (κ3) is 3.63. The van der Waals surface area contributed by atoms with Crippen molar-refractivity contribution < 1.29 is 9.90 Å². The summed E-state index contributed by atoms with van der Waals surface area (Å²) in [4.78, 5) is 16.3. The van der Waals surface area contributed by atoms with Crippen molar-refractivity contribution in [2.75, 3.05) is 0 Å². The van der Waals surface area contributed by atoms with E-state index in [1.54, 1.807) is 22.7 Å². The van der Waals surface area contributed by atoms with Crippen LogP contribution in [0.5, 0.6) is 0 Å². The Balaban J connectivity index is 1.99. The van der Waals surface area contributed by atoms with Crippen LogP contribution in [0.4, 0.5) is 0 Å². The van der Waals surface area contributed by atoms with Crippen LogP contribution in [-0.4, -0.2) is 16.1 Å². The maximum atomic E-state index is 10.9. The number of hydrogen-bond acceptors (Lipinski definition) is 5. The van der Waals surface area contributed by atoms with E-state index < -0.39 is 5.97 Å². The lowest BCUT2D eigenvalue weighted by atomic mass is 10.1. The van der Waals surface area contributed by atoms with E-state index in [-0.39, 0.29) is 12.5 Å². The lowest BCUT2D eigenvalue weighted by Crippen LogP contribution is -2.22. The molecule has 96 valence electrons. The average Bonchev–Trinajstić information content (AvgIpc) is 2.94. The molecule has 0 saturated heterocycles. The summed E-state index contributed by atoms with van der Waals surface area (Å²) in [5.74, 6) is -0.795. The number of rotatable bonds is 6. The van der Waals surface area contributed by atoms with Crippen LogP contribution >= 0.6 is 22.7 Å². The summed E-state index contributed by atoms with van der Waals surface area (Å²) in [7, 11) is 0. The maximum absolute atomic E-state index is 10.9. The molecule has 0 aliphatic rings. The number of thiazole rings is 1. The molecule has 2 heterocycles. The van der Waals surface area contributed by atoms with Crippen molar-refractivity contribution in [3.8, 4) is 0 Å². The Kier molecular flexibility index (Phi) is 4.46. The second kappa shape index (κ2) is 6.08. The molecule has 0 spiro atoms. The van der Waals surface area contributed by atoms with Gasteiger partial charge < -0.3 is 10.4 Å². The summed E-state index contributed by atoms with van der Waals surface area (Å²) in [6, 6.07) is 3.74. The number of aryl methyl sites for hydroxylation is 1. The smallest absolute Gasteiger partial charge is 0.305 e. The number of carbonyl (C=O) groups is 1. The molecule has 0 saturated carbocycles. The monoisotopic (exact) mass is 282 g/mol. The van der Waals surface area contributed by atoms with Gasteiger partial charge in [-0.3, -0.25) is 4.79 Å². The Morgan fingerprint density at radius 1 is 1.56 bits per heavy atom. The van der Waals surface area contributed by atoms with Gasteiger partial charge in [-0.1, -0.05) is 6.07 Å². The van der Waals surface area contributed by atoms with Crippen molar-refractivity contribution in [2.45, 2.75) is 25.9 Å². The minimum absolute atomic E-state index is 0.0882. The third-order valence-electron chi connectivity index (χ3n) is 2.43. The Morgan fingerprint density at radius 2 is 2.39 bits per heavy atom. The molecular weight excluding hydrogens is 268 g/mol. The van der Waals surface area contributed by atoms with Crippen LogP contribution in [0.1, 0.15) is 28.0 Å². The van der Waals surface area contributed by atoms with Gasteiger partial charge in [-0.05, 0) is 18.4 Å². The van der Waals surface area contributed by atoms with Gasteiger partial charge >= 0.3 is 5.97 Å². The summed E-state index contributed by atoms with van der Waals surface area (Å²) < 4.78 is 0. The van der Waals surface area contributed by atoms with E-state index in [2.05, 4.69) is 10.3 Å². The summed E-state index contributed by atoms with van der Waals surface area (Å²) in [5.41, 5.74) is 1.00. The molecule has 2 aromatic heterocycles. The first-order valence-corrected chi connectivity index (χ1v) is 7.30. The zero-order valence-corrected chi connectivity index (χ0v) is 11.6. The van der Waals surface area contributed by atoms with Crippen molar-refractivity contribution in [3.05, 3.63) is 38.5 Å². The standard InChI is InChI=1S/C12H14N2O2S2/c1-8-7-18-11(14-8)6-13-9(5-12(15)16)10-3-2-4-17-10/h2-4,7,9,13H,5-6H2,1H3,(H,15,16). The Hall–Kier alpha value is -1.24. The minimum Gasteiger partial charge on any atom is -0.481 e. The highest BCUT2D eigenvalue weighted by Crippen LogP contribution is 2.22. The van der Waals surface area contributed by atoms with Crippen LogP contribution in [0.25, 0.3) is 0 Å². The fourth-order valence-electron chi connectivity index (χ4n) is 1.63. The fourth-order valence-corrected chi connectivity index (χ4v) is 3.16. The van der Waals surface area contributed by atoms with Gasteiger partial charge in [0.05, 0.1) is 12.5 Å². The third-order valence-corrected chi connectivity index (χ3v) is 4.38. The van der Waals surface area contributed by atoms with Crippen LogP contribution in [0, 0.1) is 6.92 Å². The van der Waals surface area contributed by atoms with Gasteiger partial charge in [-0.2, -0.15) is 0 Å². The molecule has 4 nitrogen and oxygen atoms in total. The highest BCUT2D eigenvalue weighted by atomic mass is 32.1. The first kappa shape index (κ1) is 13.2. The van der Waals surface area contributed by atoms with Crippen LogP contribution < -0.4 is 5.32 Å². The molecule has 2 rings (SSSR count). The van der Waals surface area contributed by atoms with E-state index in [1.165, 1.54) is 0 Å². The first-order chi connectivity index (χ1) is 8.65. The van der Waals surface area contributed by atoms with E-state index in [0.29, 0.717) is 6.54 Å². The molecule has 1 unspecified atom stereocenters. The normalized spacial score (nSPS) is 12.5. The van der Waals surface area contributed by atoms with Crippen molar-refractivity contribution in [1.29, 1.82) is 0 Å². The summed E-state index contributed by atoms with van der Waals surface area (Å²) in [6.07, 6.45) is 0.0882. The molecule has 0 fully saturated rings. The van der Waals surface area contributed by atoms with Gasteiger partial charge in [0.15, 0.2) is 0 Å². The number of carboxylic acid groups (broad SMARTS) is 1.